The molecule has 0 aliphatic carbocycles. The lowest BCUT2D eigenvalue weighted by Crippen LogP contribution is -2.29. The summed E-state index contributed by atoms with van der Waals surface area (Å²) in [7, 11) is 0. The molecule has 1 amide bonds. The van der Waals surface area contributed by atoms with Crippen LogP contribution < -0.4 is 10.3 Å². The van der Waals surface area contributed by atoms with Gasteiger partial charge in [-0.15, -0.1) is 10.2 Å². The molecular formula is C20H12ClN3O3S. The number of aryl methyl sites for hydroxylation is 1. The third-order valence-electron chi connectivity index (χ3n) is 4.67. The Morgan fingerprint density at radius 3 is 2.61 bits per heavy atom. The van der Waals surface area contributed by atoms with Gasteiger partial charge in [-0.05, 0) is 30.7 Å². The highest BCUT2D eigenvalue weighted by Gasteiger charge is 2.45. The van der Waals surface area contributed by atoms with Crippen molar-refractivity contribution < 1.29 is 9.21 Å². The van der Waals surface area contributed by atoms with E-state index in [0.717, 1.165) is 10.6 Å². The molecule has 8 heteroatoms. The van der Waals surface area contributed by atoms with Crippen LogP contribution in [-0.2, 0) is 0 Å². The summed E-state index contributed by atoms with van der Waals surface area (Å²) >= 11 is 7.36. The SMILES string of the molecule is Cc1nnc(N2C(=O)c3oc4ccc(Cl)cc4c(=O)c3[C@H]2c2ccccc2)s1. The van der Waals surface area contributed by atoms with Crippen molar-refractivity contribution in [2.75, 3.05) is 4.90 Å². The molecule has 0 spiro atoms. The summed E-state index contributed by atoms with van der Waals surface area (Å²) < 4.78 is 5.87. The molecule has 4 aromatic rings. The summed E-state index contributed by atoms with van der Waals surface area (Å²) in [5.41, 5.74) is 1.13. The van der Waals surface area contributed by atoms with Gasteiger partial charge >= 0.3 is 0 Å². The van der Waals surface area contributed by atoms with Crippen LogP contribution in [0.3, 0.4) is 0 Å². The topological polar surface area (TPSA) is 76.3 Å². The first kappa shape index (κ1) is 17.1. The summed E-state index contributed by atoms with van der Waals surface area (Å²) in [5.74, 6) is -0.379. The average molecular weight is 410 g/mol. The van der Waals surface area contributed by atoms with Crippen LogP contribution in [0.25, 0.3) is 11.0 Å². The Morgan fingerprint density at radius 2 is 1.89 bits per heavy atom. The smallest absolute Gasteiger partial charge is 0.297 e. The van der Waals surface area contributed by atoms with Gasteiger partial charge in [-0.3, -0.25) is 14.5 Å². The Balaban J connectivity index is 1.84. The number of rotatable bonds is 2. The fraction of sp³-hybridized carbons (Fsp3) is 0.100. The molecule has 2 aromatic heterocycles. The summed E-state index contributed by atoms with van der Waals surface area (Å²) in [6, 6.07) is 13.5. The average Bonchev–Trinajstić information content (AvgIpc) is 3.24. The molecule has 0 saturated heterocycles. The minimum atomic E-state index is -0.643. The number of nitrogens with zero attached hydrogens (tertiary/aromatic N) is 3. The molecular weight excluding hydrogens is 398 g/mol. The van der Waals surface area contributed by atoms with Gasteiger partial charge in [0.25, 0.3) is 5.91 Å². The molecule has 6 nitrogen and oxygen atoms in total. The van der Waals surface area contributed by atoms with Crippen molar-refractivity contribution in [3.8, 4) is 0 Å². The van der Waals surface area contributed by atoms with E-state index in [4.69, 9.17) is 16.0 Å². The van der Waals surface area contributed by atoms with Crippen molar-refractivity contribution in [2.45, 2.75) is 13.0 Å². The van der Waals surface area contributed by atoms with E-state index in [1.807, 2.05) is 37.3 Å². The van der Waals surface area contributed by atoms with E-state index in [1.54, 1.807) is 18.2 Å². The zero-order valence-electron chi connectivity index (χ0n) is 14.5. The van der Waals surface area contributed by atoms with Crippen molar-refractivity contribution in [1.82, 2.24) is 10.2 Å². The van der Waals surface area contributed by atoms with Crippen LogP contribution >= 0.6 is 22.9 Å². The second kappa shape index (κ2) is 6.25. The highest BCUT2D eigenvalue weighted by Crippen LogP contribution is 2.42. The van der Waals surface area contributed by atoms with Crippen LogP contribution in [0.5, 0.6) is 0 Å². The van der Waals surface area contributed by atoms with Crippen LogP contribution in [-0.4, -0.2) is 16.1 Å². The number of benzene rings is 2. The number of hydrogen-bond donors (Lipinski definition) is 0. The highest BCUT2D eigenvalue weighted by molar-refractivity contribution is 7.15. The second-order valence-electron chi connectivity index (χ2n) is 6.41. The highest BCUT2D eigenvalue weighted by atomic mass is 35.5. The molecule has 5 rings (SSSR count). The summed E-state index contributed by atoms with van der Waals surface area (Å²) in [4.78, 5) is 28.1. The fourth-order valence-electron chi connectivity index (χ4n) is 3.48. The zero-order valence-corrected chi connectivity index (χ0v) is 16.1. The number of anilines is 1. The van der Waals surface area contributed by atoms with Gasteiger partial charge in [0.05, 0.1) is 17.0 Å². The van der Waals surface area contributed by atoms with Crippen molar-refractivity contribution >= 4 is 44.9 Å². The first-order chi connectivity index (χ1) is 13.5. The number of fused-ring (bicyclic) bond motifs is 2. The predicted molar refractivity (Wildman–Crippen MR) is 107 cm³/mol. The minimum Gasteiger partial charge on any atom is -0.450 e. The van der Waals surface area contributed by atoms with Crippen LogP contribution in [0, 0.1) is 6.92 Å². The lowest BCUT2D eigenvalue weighted by Gasteiger charge is -2.21. The number of amides is 1. The van der Waals surface area contributed by atoms with Gasteiger partial charge in [-0.1, -0.05) is 53.3 Å². The Hall–Kier alpha value is -3.03. The van der Waals surface area contributed by atoms with Gasteiger partial charge in [0, 0.05) is 5.02 Å². The Bertz CT molecular complexity index is 1300. The lowest BCUT2D eigenvalue weighted by atomic mass is 9.99. The Morgan fingerprint density at radius 1 is 1.11 bits per heavy atom. The van der Waals surface area contributed by atoms with Gasteiger partial charge in [-0.25, -0.2) is 0 Å². The number of carbonyl (C=O) groups excluding carboxylic acids is 1. The maximum absolute atomic E-state index is 13.4. The van der Waals surface area contributed by atoms with Gasteiger partial charge < -0.3 is 4.42 Å². The van der Waals surface area contributed by atoms with Crippen molar-refractivity contribution in [1.29, 1.82) is 0 Å². The summed E-state index contributed by atoms with van der Waals surface area (Å²) in [6.07, 6.45) is 0. The molecule has 2 aromatic carbocycles. The predicted octanol–water partition coefficient (Wildman–Crippen LogP) is 4.36. The largest absolute Gasteiger partial charge is 0.450 e. The molecule has 3 heterocycles. The first-order valence-corrected chi connectivity index (χ1v) is 9.69. The molecule has 138 valence electrons. The normalized spacial score (nSPS) is 16.0. The number of hydrogen-bond acceptors (Lipinski definition) is 6. The number of halogens is 1. The van der Waals surface area contributed by atoms with Crippen LogP contribution in [0.2, 0.25) is 5.02 Å². The fourth-order valence-corrected chi connectivity index (χ4v) is 4.36. The minimum absolute atomic E-state index is 0.0292. The van der Waals surface area contributed by atoms with E-state index in [2.05, 4.69) is 10.2 Å². The van der Waals surface area contributed by atoms with Crippen LogP contribution in [0.15, 0.2) is 57.7 Å². The van der Waals surface area contributed by atoms with Crippen LogP contribution in [0.4, 0.5) is 5.13 Å². The van der Waals surface area contributed by atoms with Gasteiger partial charge in [0.2, 0.25) is 10.9 Å². The molecule has 1 aliphatic rings. The van der Waals surface area contributed by atoms with Crippen molar-refractivity contribution in [3.63, 3.8) is 0 Å². The molecule has 0 N–H and O–H groups in total. The molecule has 28 heavy (non-hydrogen) atoms. The third kappa shape index (κ3) is 2.47. The van der Waals surface area contributed by atoms with E-state index in [-0.39, 0.29) is 11.2 Å². The van der Waals surface area contributed by atoms with Gasteiger partial charge in [-0.2, -0.15) is 0 Å². The monoisotopic (exact) mass is 409 g/mol. The zero-order chi connectivity index (χ0) is 19.4. The molecule has 0 unspecified atom stereocenters. The molecule has 1 atom stereocenters. The summed E-state index contributed by atoms with van der Waals surface area (Å²) in [6.45, 7) is 1.81. The van der Waals surface area contributed by atoms with Crippen molar-refractivity contribution in [2.24, 2.45) is 0 Å². The molecule has 0 fully saturated rings. The second-order valence-corrected chi connectivity index (χ2v) is 8.00. The van der Waals surface area contributed by atoms with Gasteiger partial charge in [0.1, 0.15) is 10.6 Å². The molecule has 0 saturated carbocycles. The quantitative estimate of drug-likeness (QED) is 0.491. The third-order valence-corrected chi connectivity index (χ3v) is 5.74. The Kier molecular flexibility index (Phi) is 3.82. The van der Waals surface area contributed by atoms with E-state index in [0.29, 0.717) is 26.7 Å². The molecule has 0 bridgehead atoms. The number of aromatic nitrogens is 2. The van der Waals surface area contributed by atoms with Crippen LogP contribution in [0.1, 0.15) is 32.7 Å². The van der Waals surface area contributed by atoms with Crippen molar-refractivity contribution in [3.05, 3.63) is 85.7 Å². The number of carbonyl (C=O) groups is 1. The standard InChI is InChI=1S/C20H12ClN3O3S/c1-10-22-23-20(28-10)24-16(11-5-3-2-4-6-11)15-17(25)13-9-12(21)7-8-14(13)27-18(15)19(24)26/h2-9,16H,1H3/t16-/m1/s1. The Labute approximate surface area is 168 Å². The lowest BCUT2D eigenvalue weighted by molar-refractivity contribution is 0.0970. The van der Waals surface area contributed by atoms with E-state index < -0.39 is 11.9 Å². The van der Waals surface area contributed by atoms with Gasteiger partial charge in [0.15, 0.2) is 5.43 Å². The van der Waals surface area contributed by atoms with E-state index >= 15 is 0 Å². The maximum atomic E-state index is 13.4. The maximum Gasteiger partial charge on any atom is 0.297 e. The molecule has 0 radical (unpaired) electrons. The molecule has 1 aliphatic heterocycles. The van der Waals surface area contributed by atoms with E-state index in [9.17, 15) is 9.59 Å². The van der Waals surface area contributed by atoms with E-state index in [1.165, 1.54) is 16.2 Å². The summed E-state index contributed by atoms with van der Waals surface area (Å²) in [5, 5.41) is 10.1. The first-order valence-electron chi connectivity index (χ1n) is 8.49.